The highest BCUT2D eigenvalue weighted by atomic mass is 19.1. The van der Waals surface area contributed by atoms with Crippen LogP contribution >= 0.6 is 0 Å². The van der Waals surface area contributed by atoms with Gasteiger partial charge in [0.15, 0.2) is 0 Å². The molecule has 0 spiro atoms. The van der Waals surface area contributed by atoms with Gasteiger partial charge in [-0.05, 0) is 184 Å². The molecule has 5 saturated carbocycles. The Morgan fingerprint density at radius 2 is 1.64 bits per heavy atom. The van der Waals surface area contributed by atoms with Gasteiger partial charge in [0.2, 0.25) is 0 Å². The normalized spacial score (nSPS) is 42.1. The molecule has 0 bridgehead atoms. The van der Waals surface area contributed by atoms with E-state index in [9.17, 15) is 9.18 Å². The first-order valence-corrected chi connectivity index (χ1v) is 22.8. The molecule has 4 nitrogen and oxygen atoms in total. The van der Waals surface area contributed by atoms with Gasteiger partial charge in [0, 0.05) is 12.6 Å². The minimum absolute atomic E-state index is 0.0175. The third-order valence-electron chi connectivity index (χ3n) is 19.3. The van der Waals surface area contributed by atoms with Crippen LogP contribution in [0, 0.1) is 56.7 Å². The molecule has 308 valence electrons. The van der Waals surface area contributed by atoms with Gasteiger partial charge >= 0.3 is 5.97 Å². The highest BCUT2D eigenvalue weighted by Crippen LogP contribution is 2.76. The number of rotatable bonds is 11. The van der Waals surface area contributed by atoms with Gasteiger partial charge < -0.3 is 14.8 Å². The van der Waals surface area contributed by atoms with Crippen LogP contribution in [-0.4, -0.2) is 37.4 Å². The summed E-state index contributed by atoms with van der Waals surface area (Å²) in [6, 6.07) is 9.72. The SMILES string of the molecule is C=C(C)[C@@H]1CC[C@]2(NCCC3(OC)CCC3)CC[C@]3(C)[C@H](CC[C@@H]4[C@@]5(C)CC=C(C6=CC[C@](CF)(C(=O)OCc7ccccc7)CC6)C(C)(C)[C@@H]5CC[C@]43C)[C@@H]12. The lowest BCUT2D eigenvalue weighted by Crippen LogP contribution is -2.68. The number of hydrogen-bond acceptors (Lipinski definition) is 4. The zero-order chi connectivity index (χ0) is 39.8. The topological polar surface area (TPSA) is 47.6 Å². The molecule has 5 heteroatoms. The molecule has 10 atom stereocenters. The molecule has 8 rings (SSSR count). The van der Waals surface area contributed by atoms with Crippen molar-refractivity contribution in [2.75, 3.05) is 20.3 Å². The summed E-state index contributed by atoms with van der Waals surface area (Å²) in [6.07, 6.45) is 22.9. The number of nitrogens with one attached hydrogen (secondary N) is 1. The van der Waals surface area contributed by atoms with Crippen LogP contribution in [0.3, 0.4) is 0 Å². The van der Waals surface area contributed by atoms with Crippen LogP contribution in [0.2, 0.25) is 0 Å². The van der Waals surface area contributed by atoms with E-state index < -0.39 is 18.1 Å². The van der Waals surface area contributed by atoms with Crippen LogP contribution in [-0.2, 0) is 20.9 Å². The number of benzene rings is 1. The molecule has 1 N–H and O–H groups in total. The molecule has 7 aliphatic carbocycles. The predicted molar refractivity (Wildman–Crippen MR) is 226 cm³/mol. The molecule has 0 unspecified atom stereocenters. The first-order chi connectivity index (χ1) is 26.6. The summed E-state index contributed by atoms with van der Waals surface area (Å²) < 4.78 is 26.6. The van der Waals surface area contributed by atoms with Crippen molar-refractivity contribution in [3.63, 3.8) is 0 Å². The summed E-state index contributed by atoms with van der Waals surface area (Å²) in [4.78, 5) is 13.4. The summed E-state index contributed by atoms with van der Waals surface area (Å²) in [5.74, 6) is 2.90. The van der Waals surface area contributed by atoms with E-state index in [0.717, 1.165) is 37.3 Å². The van der Waals surface area contributed by atoms with Crippen molar-refractivity contribution in [1.29, 1.82) is 0 Å². The van der Waals surface area contributed by atoms with E-state index in [1.807, 2.05) is 37.4 Å². The lowest BCUT2D eigenvalue weighted by atomic mass is 9.33. The van der Waals surface area contributed by atoms with E-state index in [1.165, 1.54) is 87.3 Å². The van der Waals surface area contributed by atoms with Crippen molar-refractivity contribution < 1.29 is 18.7 Å². The molecule has 1 aromatic carbocycles. The molecular formula is C51H74FNO3. The van der Waals surface area contributed by atoms with Crippen LogP contribution < -0.4 is 5.32 Å². The number of carbonyl (C=O) groups excluding carboxylic acids is 1. The number of esters is 1. The van der Waals surface area contributed by atoms with Gasteiger partial charge in [-0.15, -0.1) is 0 Å². The monoisotopic (exact) mass is 768 g/mol. The number of alkyl halides is 1. The molecule has 56 heavy (non-hydrogen) atoms. The first kappa shape index (κ1) is 40.5. The lowest BCUT2D eigenvalue weighted by Gasteiger charge is -2.72. The number of fused-ring (bicyclic) bond motifs is 7. The summed E-state index contributed by atoms with van der Waals surface area (Å²) in [5, 5.41) is 4.32. The predicted octanol–water partition coefficient (Wildman–Crippen LogP) is 12.3. The third kappa shape index (κ3) is 6.11. The molecule has 0 saturated heterocycles. The van der Waals surface area contributed by atoms with Crippen LogP contribution in [0.15, 0.2) is 65.8 Å². The van der Waals surface area contributed by atoms with Gasteiger partial charge in [0.25, 0.3) is 0 Å². The van der Waals surface area contributed by atoms with Crippen molar-refractivity contribution in [3.05, 3.63) is 71.3 Å². The highest BCUT2D eigenvalue weighted by Gasteiger charge is 2.70. The largest absolute Gasteiger partial charge is 0.460 e. The zero-order valence-electron chi connectivity index (χ0n) is 36.2. The summed E-state index contributed by atoms with van der Waals surface area (Å²) in [6.45, 7) is 20.8. The quantitative estimate of drug-likeness (QED) is 0.180. The second-order valence-electron chi connectivity index (χ2n) is 21.7. The number of carbonyl (C=O) groups is 1. The molecule has 5 fully saturated rings. The highest BCUT2D eigenvalue weighted by molar-refractivity contribution is 5.78. The Hall–Kier alpha value is -2.24. The fraction of sp³-hybridized carbons (Fsp3) is 0.745. The van der Waals surface area contributed by atoms with Crippen molar-refractivity contribution in [3.8, 4) is 0 Å². The number of hydrogen-bond donors (Lipinski definition) is 1. The number of ether oxygens (including phenoxy) is 2. The van der Waals surface area contributed by atoms with Gasteiger partial charge in [-0.1, -0.05) is 89.3 Å². The summed E-state index contributed by atoms with van der Waals surface area (Å²) >= 11 is 0. The fourth-order valence-corrected chi connectivity index (χ4v) is 15.7. The Bertz CT molecular complexity index is 1720. The van der Waals surface area contributed by atoms with Crippen molar-refractivity contribution >= 4 is 5.97 Å². The molecule has 0 radical (unpaired) electrons. The molecule has 0 aromatic heterocycles. The maximum atomic E-state index is 14.8. The second-order valence-corrected chi connectivity index (χ2v) is 21.7. The Balaban J connectivity index is 1.01. The Labute approximate surface area is 339 Å². The molecule has 7 aliphatic rings. The van der Waals surface area contributed by atoms with Crippen LogP contribution in [0.1, 0.15) is 150 Å². The van der Waals surface area contributed by atoms with Gasteiger partial charge in [0.05, 0.1) is 11.0 Å². The van der Waals surface area contributed by atoms with E-state index in [-0.39, 0.29) is 28.6 Å². The fourth-order valence-electron chi connectivity index (χ4n) is 15.7. The maximum Gasteiger partial charge on any atom is 0.315 e. The number of methoxy groups -OCH3 is 1. The lowest BCUT2D eigenvalue weighted by molar-refractivity contribution is -0.221. The molecule has 0 amide bonds. The van der Waals surface area contributed by atoms with Gasteiger partial charge in [-0.3, -0.25) is 4.79 Å². The Kier molecular flexibility index (Phi) is 10.5. The van der Waals surface area contributed by atoms with Crippen molar-refractivity contribution in [2.24, 2.45) is 56.7 Å². The number of halogens is 1. The van der Waals surface area contributed by atoms with Gasteiger partial charge in [-0.25, -0.2) is 4.39 Å². The van der Waals surface area contributed by atoms with E-state index in [0.29, 0.717) is 47.3 Å². The van der Waals surface area contributed by atoms with Gasteiger partial charge in [-0.2, -0.15) is 0 Å². The standard InChI is InChI=1S/C51H74FNO3/c1-35(2)38-19-28-51(53-32-31-50(55-8)22-12-23-50)30-29-47(6)40(43(38)51)15-16-42-46(5)24-20-39(45(3,4)41(46)21-25-48(42,47)7)37-17-26-49(34-52,27-18-37)44(54)56-33-36-13-10-9-11-14-36/h9-11,13-14,17,20,38,40-43,53H,1,12,15-16,18-19,21-34H2,2-8H3/t38-,40+,41-,42+,43+,46-,47+,48+,49-,51-/m0/s1. The van der Waals surface area contributed by atoms with E-state index in [2.05, 4.69) is 65.6 Å². The first-order valence-electron chi connectivity index (χ1n) is 22.8. The van der Waals surface area contributed by atoms with Gasteiger partial charge in [0.1, 0.15) is 13.3 Å². The zero-order valence-corrected chi connectivity index (χ0v) is 36.2. The second kappa shape index (κ2) is 14.5. The van der Waals surface area contributed by atoms with E-state index >= 15 is 0 Å². The number of allylic oxidation sites excluding steroid dienone is 5. The average Bonchev–Trinajstić information content (AvgIpc) is 3.55. The van der Waals surface area contributed by atoms with Crippen LogP contribution in [0.4, 0.5) is 4.39 Å². The smallest absolute Gasteiger partial charge is 0.315 e. The van der Waals surface area contributed by atoms with Crippen molar-refractivity contribution in [1.82, 2.24) is 5.32 Å². The molecule has 0 aliphatic heterocycles. The van der Waals surface area contributed by atoms with E-state index in [1.54, 1.807) is 0 Å². The third-order valence-corrected chi connectivity index (χ3v) is 19.3. The van der Waals surface area contributed by atoms with Crippen LogP contribution in [0.5, 0.6) is 0 Å². The molecule has 1 aromatic rings. The molecular weight excluding hydrogens is 694 g/mol. The van der Waals surface area contributed by atoms with E-state index in [4.69, 9.17) is 9.47 Å². The maximum absolute atomic E-state index is 14.8. The minimum atomic E-state index is -1.08. The Morgan fingerprint density at radius 1 is 0.875 bits per heavy atom. The average molecular weight is 768 g/mol. The Morgan fingerprint density at radius 3 is 2.29 bits per heavy atom. The van der Waals surface area contributed by atoms with Crippen molar-refractivity contribution in [2.45, 2.75) is 162 Å². The summed E-state index contributed by atoms with van der Waals surface area (Å²) in [7, 11) is 1.93. The summed E-state index contributed by atoms with van der Waals surface area (Å²) in [5.41, 5.74) is 5.28. The molecule has 0 heterocycles. The van der Waals surface area contributed by atoms with Crippen LogP contribution in [0.25, 0.3) is 0 Å². The minimum Gasteiger partial charge on any atom is -0.460 e.